The van der Waals surface area contributed by atoms with Crippen LogP contribution in [0.2, 0.25) is 0 Å². The molecule has 4 nitrogen and oxygen atoms in total. The van der Waals surface area contributed by atoms with Crippen molar-refractivity contribution in [3.8, 4) is 0 Å². The van der Waals surface area contributed by atoms with Crippen LogP contribution in [0.3, 0.4) is 0 Å². The fourth-order valence-corrected chi connectivity index (χ4v) is 2.15. The lowest BCUT2D eigenvalue weighted by Crippen LogP contribution is -2.42. The quantitative estimate of drug-likeness (QED) is 0.872. The van der Waals surface area contributed by atoms with Gasteiger partial charge >= 0.3 is 6.18 Å². The molecule has 1 saturated heterocycles. The Morgan fingerprint density at radius 2 is 2.21 bits per heavy atom. The highest BCUT2D eigenvalue weighted by atomic mass is 79.9. The summed E-state index contributed by atoms with van der Waals surface area (Å²) in [4.78, 5) is 14.8. The second-order valence-electron chi connectivity index (χ2n) is 4.23. The highest BCUT2D eigenvalue weighted by molar-refractivity contribution is 9.10. The van der Waals surface area contributed by atoms with Crippen LogP contribution in [-0.4, -0.2) is 23.5 Å². The number of hydrogen-bond acceptors (Lipinski definition) is 3. The van der Waals surface area contributed by atoms with Crippen molar-refractivity contribution in [3.05, 3.63) is 22.3 Å². The summed E-state index contributed by atoms with van der Waals surface area (Å²) < 4.78 is 38.9. The highest BCUT2D eigenvalue weighted by Gasteiger charge is 2.35. The first-order valence-electron chi connectivity index (χ1n) is 5.62. The number of rotatable bonds is 2. The number of pyridine rings is 1. The van der Waals surface area contributed by atoms with Gasteiger partial charge in [-0.05, 0) is 28.4 Å². The van der Waals surface area contributed by atoms with Gasteiger partial charge in [-0.1, -0.05) is 0 Å². The van der Waals surface area contributed by atoms with E-state index in [9.17, 15) is 18.0 Å². The molecule has 1 unspecified atom stereocenters. The Balaban J connectivity index is 2.18. The van der Waals surface area contributed by atoms with Crippen molar-refractivity contribution in [2.24, 2.45) is 0 Å². The molecule has 0 spiro atoms. The van der Waals surface area contributed by atoms with Gasteiger partial charge in [0.2, 0.25) is 5.91 Å². The van der Waals surface area contributed by atoms with Crippen LogP contribution in [0.15, 0.2) is 16.7 Å². The molecule has 1 amide bonds. The van der Waals surface area contributed by atoms with Crippen molar-refractivity contribution in [2.75, 3.05) is 11.9 Å². The standard InChI is InChI=1S/C11H11BrF3N3O/c12-6-3-8(11(13,14)15)10(17-4-6)18-7-1-2-9(19)16-5-7/h3-4,7H,1-2,5H2,(H,16,19)(H,17,18). The first-order valence-corrected chi connectivity index (χ1v) is 6.41. The monoisotopic (exact) mass is 337 g/mol. The lowest BCUT2D eigenvalue weighted by Gasteiger charge is -2.25. The van der Waals surface area contributed by atoms with Gasteiger partial charge < -0.3 is 10.6 Å². The minimum Gasteiger partial charge on any atom is -0.365 e. The van der Waals surface area contributed by atoms with Gasteiger partial charge in [0.05, 0.1) is 5.56 Å². The van der Waals surface area contributed by atoms with Crippen LogP contribution in [0.25, 0.3) is 0 Å². The molecule has 1 aromatic rings. The van der Waals surface area contributed by atoms with E-state index < -0.39 is 11.7 Å². The van der Waals surface area contributed by atoms with Crippen molar-refractivity contribution in [1.29, 1.82) is 0 Å². The van der Waals surface area contributed by atoms with Crippen LogP contribution in [0.5, 0.6) is 0 Å². The second kappa shape index (κ2) is 5.36. The number of nitrogens with one attached hydrogen (secondary N) is 2. The molecule has 19 heavy (non-hydrogen) atoms. The molecule has 0 bridgehead atoms. The van der Waals surface area contributed by atoms with E-state index in [1.165, 1.54) is 6.20 Å². The molecular weight excluding hydrogens is 327 g/mol. The Bertz CT molecular complexity index is 483. The molecule has 0 saturated carbocycles. The molecular formula is C11H11BrF3N3O. The van der Waals surface area contributed by atoms with E-state index in [1.54, 1.807) is 0 Å². The average molecular weight is 338 g/mol. The summed E-state index contributed by atoms with van der Waals surface area (Å²) in [6, 6.07) is 0.740. The van der Waals surface area contributed by atoms with Crippen LogP contribution in [-0.2, 0) is 11.0 Å². The maximum atomic E-state index is 12.9. The van der Waals surface area contributed by atoms with Crippen molar-refractivity contribution >= 4 is 27.7 Å². The van der Waals surface area contributed by atoms with Crippen molar-refractivity contribution in [2.45, 2.75) is 25.1 Å². The summed E-state index contributed by atoms with van der Waals surface area (Å²) in [5, 5.41) is 5.34. The van der Waals surface area contributed by atoms with E-state index >= 15 is 0 Å². The van der Waals surface area contributed by atoms with Gasteiger partial charge in [-0.15, -0.1) is 0 Å². The predicted molar refractivity (Wildman–Crippen MR) is 66.6 cm³/mol. The number of carbonyl (C=O) groups excluding carboxylic acids is 1. The van der Waals surface area contributed by atoms with Gasteiger partial charge in [-0.25, -0.2) is 4.98 Å². The van der Waals surface area contributed by atoms with Crippen LogP contribution in [0, 0.1) is 0 Å². The zero-order chi connectivity index (χ0) is 14.0. The van der Waals surface area contributed by atoms with Gasteiger partial charge in [-0.2, -0.15) is 13.2 Å². The van der Waals surface area contributed by atoms with E-state index in [0.29, 0.717) is 19.4 Å². The van der Waals surface area contributed by atoms with Crippen LogP contribution < -0.4 is 10.6 Å². The Morgan fingerprint density at radius 1 is 1.47 bits per heavy atom. The van der Waals surface area contributed by atoms with Crippen molar-refractivity contribution in [3.63, 3.8) is 0 Å². The molecule has 2 N–H and O–H groups in total. The molecule has 1 atom stereocenters. The zero-order valence-electron chi connectivity index (χ0n) is 9.72. The molecule has 0 radical (unpaired) electrons. The minimum absolute atomic E-state index is 0.0853. The molecule has 8 heteroatoms. The van der Waals surface area contributed by atoms with E-state index in [-0.39, 0.29) is 22.2 Å². The molecule has 0 aliphatic carbocycles. The predicted octanol–water partition coefficient (Wildman–Crippen LogP) is 2.55. The maximum Gasteiger partial charge on any atom is 0.419 e. The van der Waals surface area contributed by atoms with E-state index in [4.69, 9.17) is 0 Å². The molecule has 1 aliphatic heterocycles. The molecule has 1 fully saturated rings. The third-order valence-corrected chi connectivity index (χ3v) is 3.20. The fourth-order valence-electron chi connectivity index (χ4n) is 1.82. The largest absolute Gasteiger partial charge is 0.419 e. The van der Waals surface area contributed by atoms with Crippen molar-refractivity contribution in [1.82, 2.24) is 10.3 Å². The van der Waals surface area contributed by atoms with Crippen molar-refractivity contribution < 1.29 is 18.0 Å². The van der Waals surface area contributed by atoms with E-state index in [0.717, 1.165) is 6.07 Å². The summed E-state index contributed by atoms with van der Waals surface area (Å²) in [5.74, 6) is -0.297. The first-order chi connectivity index (χ1) is 8.86. The summed E-state index contributed by atoms with van der Waals surface area (Å²) in [7, 11) is 0. The fraction of sp³-hybridized carbons (Fsp3) is 0.455. The van der Waals surface area contributed by atoms with Gasteiger partial charge in [0.1, 0.15) is 5.82 Å². The Hall–Kier alpha value is -1.31. The number of hydrogen-bond donors (Lipinski definition) is 2. The summed E-state index contributed by atoms with van der Waals surface area (Å²) in [6.45, 7) is 0.299. The third kappa shape index (κ3) is 3.59. The Labute approximate surface area is 115 Å². The number of piperidine rings is 1. The van der Waals surface area contributed by atoms with E-state index in [2.05, 4.69) is 31.5 Å². The van der Waals surface area contributed by atoms with Gasteiger partial charge in [0.25, 0.3) is 0 Å². The van der Waals surface area contributed by atoms with Gasteiger partial charge in [-0.3, -0.25) is 4.79 Å². The topological polar surface area (TPSA) is 54.0 Å². The molecule has 1 aromatic heterocycles. The maximum absolute atomic E-state index is 12.9. The number of nitrogens with zero attached hydrogens (tertiary/aromatic N) is 1. The van der Waals surface area contributed by atoms with Gasteiger partial charge in [0, 0.05) is 29.7 Å². The number of carbonyl (C=O) groups is 1. The molecule has 2 rings (SSSR count). The molecule has 1 aliphatic rings. The lowest BCUT2D eigenvalue weighted by molar-refractivity contribution is -0.137. The number of halogens is 4. The van der Waals surface area contributed by atoms with Crippen LogP contribution >= 0.6 is 15.9 Å². The smallest absolute Gasteiger partial charge is 0.365 e. The lowest BCUT2D eigenvalue weighted by atomic mass is 10.1. The Morgan fingerprint density at radius 3 is 2.79 bits per heavy atom. The Kier molecular flexibility index (Phi) is 3.98. The minimum atomic E-state index is -4.48. The molecule has 104 valence electrons. The summed E-state index contributed by atoms with van der Waals surface area (Å²) in [6.07, 6.45) is -2.38. The van der Waals surface area contributed by atoms with E-state index in [1.807, 2.05) is 0 Å². The first kappa shape index (κ1) is 14.1. The number of anilines is 1. The molecule has 2 heterocycles. The van der Waals surface area contributed by atoms with Gasteiger partial charge in [0.15, 0.2) is 0 Å². The SMILES string of the molecule is O=C1CCC(Nc2ncc(Br)cc2C(F)(F)F)CN1. The number of aromatic nitrogens is 1. The van der Waals surface area contributed by atoms with Crippen LogP contribution in [0.1, 0.15) is 18.4 Å². The summed E-state index contributed by atoms with van der Waals surface area (Å²) in [5.41, 5.74) is -0.821. The number of amides is 1. The summed E-state index contributed by atoms with van der Waals surface area (Å²) >= 11 is 2.97. The van der Waals surface area contributed by atoms with Crippen LogP contribution in [0.4, 0.5) is 19.0 Å². The normalized spacial score (nSPS) is 20.0. The second-order valence-corrected chi connectivity index (χ2v) is 5.15. The highest BCUT2D eigenvalue weighted by Crippen LogP contribution is 2.35. The average Bonchev–Trinajstić information content (AvgIpc) is 2.33. The zero-order valence-corrected chi connectivity index (χ0v) is 11.3. The number of alkyl halides is 3. The molecule has 0 aromatic carbocycles. The third-order valence-electron chi connectivity index (χ3n) is 2.77.